The number of aryl methyl sites for hydroxylation is 9. The third-order valence-corrected chi connectivity index (χ3v) is 17.7. The second kappa shape index (κ2) is 38.3. The van der Waals surface area contributed by atoms with Crippen molar-refractivity contribution in [1.82, 2.24) is 0 Å². The maximum atomic E-state index is 10.7. The summed E-state index contributed by atoms with van der Waals surface area (Å²) in [6.45, 7) is 21.6. The number of alkyl halides is 3. The van der Waals surface area contributed by atoms with Crippen LogP contribution < -0.4 is 0 Å². The molecule has 0 aromatic heterocycles. The van der Waals surface area contributed by atoms with Crippen LogP contribution in [-0.4, -0.2) is 18.5 Å². The van der Waals surface area contributed by atoms with Gasteiger partial charge in [-0.15, -0.1) is 0 Å². The Labute approximate surface area is 445 Å². The van der Waals surface area contributed by atoms with Gasteiger partial charge in [-0.05, 0) is 132 Å². The molecule has 0 saturated heterocycles. The highest BCUT2D eigenvalue weighted by Crippen LogP contribution is 2.46. The maximum absolute atomic E-state index is 10.7. The molecule has 8 heteroatoms. The highest BCUT2D eigenvalue weighted by atomic mass is 32.2. The Morgan fingerprint density at radius 3 is 0.625 bits per heavy atom. The lowest BCUT2D eigenvalue weighted by Crippen LogP contribution is -2.21. The zero-order valence-corrected chi connectivity index (χ0v) is 49.2. The zero-order valence-electron chi connectivity index (χ0n) is 47.6. The van der Waals surface area contributed by atoms with Crippen LogP contribution in [0.15, 0.2) is 51.1 Å². The van der Waals surface area contributed by atoms with Gasteiger partial charge in [0.2, 0.25) is 0 Å². The quantitative estimate of drug-likeness (QED) is 0.0248. The van der Waals surface area contributed by atoms with E-state index in [1.807, 2.05) is 0 Å². The minimum absolute atomic E-state index is 0.163. The van der Waals surface area contributed by atoms with Gasteiger partial charge >= 0.3 is 5.51 Å². The fourth-order valence-corrected chi connectivity index (χ4v) is 13.4. The van der Waals surface area contributed by atoms with Crippen LogP contribution in [0.1, 0.15) is 286 Å². The molecular weight excluding hydrogens is 938 g/mol. The van der Waals surface area contributed by atoms with E-state index in [4.69, 9.17) is 13.0 Å². The van der Waals surface area contributed by atoms with Crippen LogP contribution in [-0.2, 0) is 78.8 Å². The van der Waals surface area contributed by atoms with Gasteiger partial charge in [-0.1, -0.05) is 214 Å². The van der Waals surface area contributed by atoms with Gasteiger partial charge in [0.05, 0.1) is 0 Å². The summed E-state index contributed by atoms with van der Waals surface area (Å²) >= 11 is 0. The number of unbranched alkanes of at least 4 members (excludes halogenated alkanes) is 18. The Hall–Kier alpha value is -2.29. The lowest BCUT2D eigenvalue weighted by atomic mass is 9.94. The molecule has 3 nitrogen and oxygen atoms in total. The number of hydrogen-bond acceptors (Lipinski definition) is 3. The fraction of sp³-hybridized carbons (Fsp3) is 0.719. The molecule has 0 heterocycles. The smallest absolute Gasteiger partial charge is 0.485 e. The number of halogens is 3. The monoisotopic (exact) mass is 1040 g/mol. The van der Waals surface area contributed by atoms with Gasteiger partial charge in [-0.3, -0.25) is 0 Å². The number of hydrogen-bond donors (Lipinski definition) is 0. The van der Waals surface area contributed by atoms with Crippen LogP contribution in [0.2, 0.25) is 0 Å². The summed E-state index contributed by atoms with van der Waals surface area (Å²) in [5.41, 5.74) is 9.64. The van der Waals surface area contributed by atoms with Crippen LogP contribution in [0.3, 0.4) is 0 Å². The molecule has 0 spiro atoms. The summed E-state index contributed by atoms with van der Waals surface area (Å²) in [4.78, 5) is 5.39. The van der Waals surface area contributed by atoms with Crippen molar-refractivity contribution in [1.29, 1.82) is 0 Å². The second-order valence-corrected chi connectivity index (χ2v) is 24.3. The molecule has 412 valence electrons. The van der Waals surface area contributed by atoms with Crippen molar-refractivity contribution in [2.24, 2.45) is 0 Å². The molecule has 0 atom stereocenters. The minimum atomic E-state index is -6.09. The van der Waals surface area contributed by atoms with Crippen LogP contribution in [0, 0.1) is 0 Å². The molecule has 0 bridgehead atoms. The van der Waals surface area contributed by atoms with Gasteiger partial charge in [0.25, 0.3) is 0 Å². The molecule has 0 saturated carbocycles. The van der Waals surface area contributed by atoms with Crippen molar-refractivity contribution >= 4 is 21.0 Å². The number of benzene rings is 3. The predicted octanol–water partition coefficient (Wildman–Crippen LogP) is 20.4. The molecule has 0 fully saturated rings. The molecular formula is C64H105F3O3S2. The normalized spacial score (nSPS) is 12.0. The van der Waals surface area contributed by atoms with Crippen molar-refractivity contribution in [3.8, 4) is 0 Å². The van der Waals surface area contributed by atoms with Crippen LogP contribution in [0.5, 0.6) is 0 Å². The number of rotatable bonds is 39. The lowest BCUT2D eigenvalue weighted by Gasteiger charge is -2.25. The topological polar surface area (TPSA) is 57.2 Å². The molecule has 0 radical (unpaired) electrons. The molecule has 72 heavy (non-hydrogen) atoms. The SMILES string of the molecule is CCCCCc1cc(CCCCC)c([S+](c2c(CCCCC)cc(CCCCC)cc2CCCCC)c2c(CCCCC)cc(CCCCC)cc2CCCCC)c(CCCCC)c1.O=S(=O)([O-])C(F)(F)F. The highest BCUT2D eigenvalue weighted by Gasteiger charge is 2.42. The van der Waals surface area contributed by atoms with Gasteiger partial charge in [-0.2, -0.15) is 13.2 Å². The first-order chi connectivity index (χ1) is 34.7. The summed E-state index contributed by atoms with van der Waals surface area (Å²) in [6.07, 6.45) is 46.4. The van der Waals surface area contributed by atoms with E-state index < -0.39 is 15.6 Å². The van der Waals surface area contributed by atoms with Crippen molar-refractivity contribution in [3.63, 3.8) is 0 Å². The van der Waals surface area contributed by atoms with E-state index in [-0.39, 0.29) is 10.9 Å². The van der Waals surface area contributed by atoms with Crippen molar-refractivity contribution in [3.05, 3.63) is 86.5 Å². The standard InChI is InChI=1S/C63H105S.CHF3O3S/c1-10-19-28-37-52-46-55(40-31-22-13-4)61(56(47-52)41-32-23-14-5)64(62-57(42-33-24-15-6)48-53(38-29-20-11-2)49-58(62)43-34-25-16-7)63-59(44-35-26-17-8)50-54(39-30-21-12-3)51-60(63)45-36-27-18-9;2-1(3,4)8(5,6)7/h46-51H,10-45H2,1-9H3;(H,5,6,7)/q+1;/p-1. The van der Waals surface area contributed by atoms with Gasteiger partial charge < -0.3 is 4.55 Å². The van der Waals surface area contributed by atoms with Crippen molar-refractivity contribution in [2.45, 2.75) is 314 Å². The van der Waals surface area contributed by atoms with E-state index in [0.29, 0.717) is 0 Å². The molecule has 0 N–H and O–H groups in total. The van der Waals surface area contributed by atoms with E-state index in [9.17, 15) is 13.2 Å². The summed E-state index contributed by atoms with van der Waals surface area (Å²) in [5.74, 6) is 0. The van der Waals surface area contributed by atoms with Crippen LogP contribution in [0.4, 0.5) is 13.2 Å². The van der Waals surface area contributed by atoms with Crippen LogP contribution in [0.25, 0.3) is 0 Å². The van der Waals surface area contributed by atoms with Gasteiger partial charge in [0.15, 0.2) is 24.8 Å². The molecule has 3 aromatic carbocycles. The average Bonchev–Trinajstić information content (AvgIpc) is 3.33. The molecule has 0 unspecified atom stereocenters. The molecule has 3 rings (SSSR count). The van der Waals surface area contributed by atoms with E-state index >= 15 is 0 Å². The molecule has 3 aromatic rings. The Balaban J connectivity index is 0.00000203. The molecule has 0 aliphatic rings. The van der Waals surface area contributed by atoms with Gasteiger partial charge in [0, 0.05) is 33.4 Å². The highest BCUT2D eigenvalue weighted by molar-refractivity contribution is 7.97. The van der Waals surface area contributed by atoms with E-state index in [2.05, 4.69) is 98.7 Å². The Morgan fingerprint density at radius 2 is 0.486 bits per heavy atom. The first-order valence-electron chi connectivity index (χ1n) is 29.9. The molecule has 0 aliphatic heterocycles. The fourth-order valence-electron chi connectivity index (χ4n) is 10.2. The average molecular weight is 1040 g/mol. The summed E-state index contributed by atoms with van der Waals surface area (Å²) in [5, 5.41) is 0. The third kappa shape index (κ3) is 24.1. The van der Waals surface area contributed by atoms with Crippen LogP contribution >= 0.6 is 0 Å². The van der Waals surface area contributed by atoms with Crippen molar-refractivity contribution in [2.75, 3.05) is 0 Å². The first kappa shape index (κ1) is 65.8. The summed E-state index contributed by atoms with van der Waals surface area (Å²) < 4.78 is 58.9. The maximum Gasteiger partial charge on any atom is 0.485 e. The van der Waals surface area contributed by atoms with E-state index in [0.717, 1.165) is 0 Å². The zero-order chi connectivity index (χ0) is 53.2. The first-order valence-corrected chi connectivity index (χ1v) is 32.5. The Kier molecular flexibility index (Phi) is 35.0. The van der Waals surface area contributed by atoms with Crippen molar-refractivity contribution < 1.29 is 26.1 Å². The minimum Gasteiger partial charge on any atom is -0.741 e. The predicted molar refractivity (Wildman–Crippen MR) is 306 cm³/mol. The van der Waals surface area contributed by atoms with Gasteiger partial charge in [0.1, 0.15) is 10.9 Å². The molecule has 0 aliphatic carbocycles. The molecule has 0 amide bonds. The summed E-state index contributed by atoms with van der Waals surface area (Å²) in [6, 6.07) is 16.8. The summed E-state index contributed by atoms with van der Waals surface area (Å²) in [7, 11) is -6.25. The Bertz CT molecular complexity index is 1720. The third-order valence-electron chi connectivity index (χ3n) is 14.3. The largest absolute Gasteiger partial charge is 0.741 e. The van der Waals surface area contributed by atoms with Gasteiger partial charge in [-0.25, -0.2) is 8.42 Å². The second-order valence-electron chi connectivity index (χ2n) is 21.0. The van der Waals surface area contributed by atoms with E-state index in [1.165, 1.54) is 231 Å². The van der Waals surface area contributed by atoms with E-state index in [1.54, 1.807) is 64.8 Å². The Morgan fingerprint density at radius 1 is 0.333 bits per heavy atom. The lowest BCUT2D eigenvalue weighted by molar-refractivity contribution is -0.0517.